The standard InChI is InChI=1S/C15H25N3O3/c1-12(9-14-11-21-7-5-16-14)17-13-3-4-15(19)18(10-13)6-8-20-2/h3-4,10,12,14,16-17H,5-9,11H2,1-2H3. The summed E-state index contributed by atoms with van der Waals surface area (Å²) in [5.74, 6) is 0. The number of rotatable bonds is 7. The average Bonchev–Trinajstić information content (AvgIpc) is 2.48. The summed E-state index contributed by atoms with van der Waals surface area (Å²) in [6, 6.07) is 4.11. The number of methoxy groups -OCH3 is 1. The Kier molecular flexibility index (Phi) is 6.22. The molecule has 118 valence electrons. The maximum Gasteiger partial charge on any atom is 0.250 e. The van der Waals surface area contributed by atoms with Crippen molar-refractivity contribution >= 4 is 5.69 Å². The van der Waals surface area contributed by atoms with Crippen molar-refractivity contribution in [3.05, 3.63) is 28.7 Å². The molecule has 6 heteroatoms. The Morgan fingerprint density at radius 2 is 2.43 bits per heavy atom. The first-order valence-electron chi connectivity index (χ1n) is 7.46. The number of hydrogen-bond acceptors (Lipinski definition) is 5. The molecule has 1 aromatic heterocycles. The molecule has 0 aromatic carbocycles. The van der Waals surface area contributed by atoms with E-state index >= 15 is 0 Å². The lowest BCUT2D eigenvalue weighted by Crippen LogP contribution is -2.43. The molecule has 21 heavy (non-hydrogen) atoms. The predicted octanol–water partition coefficient (Wildman–Crippen LogP) is 0.674. The molecule has 2 heterocycles. The first-order valence-corrected chi connectivity index (χ1v) is 7.46. The van der Waals surface area contributed by atoms with Crippen molar-refractivity contribution in [2.75, 3.05) is 38.8 Å². The normalized spacial score (nSPS) is 20.2. The summed E-state index contributed by atoms with van der Waals surface area (Å²) >= 11 is 0. The lowest BCUT2D eigenvalue weighted by atomic mass is 10.1. The second kappa shape index (κ2) is 8.17. The smallest absolute Gasteiger partial charge is 0.250 e. The highest BCUT2D eigenvalue weighted by Crippen LogP contribution is 2.10. The summed E-state index contributed by atoms with van der Waals surface area (Å²) in [4.78, 5) is 11.7. The van der Waals surface area contributed by atoms with Crippen molar-refractivity contribution in [3.63, 3.8) is 0 Å². The quantitative estimate of drug-likeness (QED) is 0.774. The number of nitrogens with zero attached hydrogens (tertiary/aromatic N) is 1. The van der Waals surface area contributed by atoms with Gasteiger partial charge in [-0.2, -0.15) is 0 Å². The van der Waals surface area contributed by atoms with E-state index < -0.39 is 0 Å². The lowest BCUT2D eigenvalue weighted by molar-refractivity contribution is 0.0731. The Bertz CT molecular complexity index is 483. The molecule has 0 radical (unpaired) electrons. The zero-order chi connectivity index (χ0) is 15.1. The highest BCUT2D eigenvalue weighted by Gasteiger charge is 2.16. The lowest BCUT2D eigenvalue weighted by Gasteiger charge is -2.27. The van der Waals surface area contributed by atoms with Crippen molar-refractivity contribution < 1.29 is 9.47 Å². The fourth-order valence-corrected chi connectivity index (χ4v) is 2.52. The highest BCUT2D eigenvalue weighted by atomic mass is 16.5. The molecule has 1 aliphatic rings. The van der Waals surface area contributed by atoms with E-state index in [4.69, 9.17) is 9.47 Å². The molecular formula is C15H25N3O3. The van der Waals surface area contributed by atoms with Crippen LogP contribution in [0.15, 0.2) is 23.1 Å². The van der Waals surface area contributed by atoms with Crippen LogP contribution in [0, 0.1) is 0 Å². The van der Waals surface area contributed by atoms with Crippen LogP contribution in [0.3, 0.4) is 0 Å². The van der Waals surface area contributed by atoms with Crippen LogP contribution in [-0.4, -0.2) is 50.1 Å². The number of hydrogen-bond donors (Lipinski definition) is 2. The summed E-state index contributed by atoms with van der Waals surface area (Å²) in [6.45, 7) is 5.71. The van der Waals surface area contributed by atoms with Crippen LogP contribution >= 0.6 is 0 Å². The molecule has 2 rings (SSSR count). The Morgan fingerprint density at radius 1 is 1.57 bits per heavy atom. The van der Waals surface area contributed by atoms with Gasteiger partial charge in [0.25, 0.3) is 5.56 Å². The molecule has 1 aliphatic heterocycles. The summed E-state index contributed by atoms with van der Waals surface area (Å²) in [7, 11) is 1.63. The summed E-state index contributed by atoms with van der Waals surface area (Å²) < 4.78 is 12.1. The molecule has 6 nitrogen and oxygen atoms in total. The fraction of sp³-hybridized carbons (Fsp3) is 0.667. The van der Waals surface area contributed by atoms with E-state index in [-0.39, 0.29) is 5.56 Å². The van der Waals surface area contributed by atoms with Crippen molar-refractivity contribution in [2.45, 2.75) is 32.0 Å². The van der Waals surface area contributed by atoms with E-state index in [2.05, 4.69) is 17.6 Å². The van der Waals surface area contributed by atoms with Crippen LogP contribution in [0.5, 0.6) is 0 Å². The van der Waals surface area contributed by atoms with Gasteiger partial charge in [0.2, 0.25) is 0 Å². The van der Waals surface area contributed by atoms with Gasteiger partial charge in [-0.05, 0) is 19.4 Å². The van der Waals surface area contributed by atoms with Crippen LogP contribution in [0.2, 0.25) is 0 Å². The third-order valence-electron chi connectivity index (χ3n) is 3.57. The number of aromatic nitrogens is 1. The maximum absolute atomic E-state index is 11.7. The molecular weight excluding hydrogens is 270 g/mol. The molecule has 0 amide bonds. The molecule has 2 unspecified atom stereocenters. The van der Waals surface area contributed by atoms with Crippen LogP contribution in [0.4, 0.5) is 5.69 Å². The van der Waals surface area contributed by atoms with Gasteiger partial charge in [-0.3, -0.25) is 4.79 Å². The van der Waals surface area contributed by atoms with Crippen molar-refractivity contribution in [3.8, 4) is 0 Å². The third kappa shape index (κ3) is 5.15. The van der Waals surface area contributed by atoms with E-state index in [0.717, 1.165) is 31.9 Å². The van der Waals surface area contributed by atoms with Gasteiger partial charge < -0.3 is 24.7 Å². The molecule has 0 aliphatic carbocycles. The van der Waals surface area contributed by atoms with Gasteiger partial charge in [0.05, 0.1) is 25.5 Å². The number of nitrogens with one attached hydrogen (secondary N) is 2. The van der Waals surface area contributed by atoms with Gasteiger partial charge in [0.15, 0.2) is 0 Å². The van der Waals surface area contributed by atoms with Gasteiger partial charge in [0.1, 0.15) is 0 Å². The van der Waals surface area contributed by atoms with E-state index in [1.54, 1.807) is 17.7 Å². The maximum atomic E-state index is 11.7. The number of anilines is 1. The SMILES string of the molecule is COCCn1cc(NC(C)CC2COCCN2)ccc1=O. The summed E-state index contributed by atoms with van der Waals surface area (Å²) in [5, 5.41) is 6.88. The largest absolute Gasteiger partial charge is 0.383 e. The summed E-state index contributed by atoms with van der Waals surface area (Å²) in [6.07, 6.45) is 2.83. The fourth-order valence-electron chi connectivity index (χ4n) is 2.52. The van der Waals surface area contributed by atoms with Crippen molar-refractivity contribution in [1.82, 2.24) is 9.88 Å². The number of morpholine rings is 1. The van der Waals surface area contributed by atoms with Crippen LogP contribution < -0.4 is 16.2 Å². The minimum absolute atomic E-state index is 0.00685. The molecule has 2 N–H and O–H groups in total. The molecule has 1 saturated heterocycles. The van der Waals surface area contributed by atoms with Crippen LogP contribution in [0.25, 0.3) is 0 Å². The second-order valence-electron chi connectivity index (χ2n) is 5.45. The number of ether oxygens (including phenoxy) is 2. The average molecular weight is 295 g/mol. The zero-order valence-electron chi connectivity index (χ0n) is 12.8. The van der Waals surface area contributed by atoms with E-state index in [1.807, 2.05) is 12.3 Å². The number of pyridine rings is 1. The minimum Gasteiger partial charge on any atom is -0.383 e. The Balaban J connectivity index is 1.90. The van der Waals surface area contributed by atoms with Gasteiger partial charge in [-0.15, -0.1) is 0 Å². The monoisotopic (exact) mass is 295 g/mol. The molecule has 1 fully saturated rings. The van der Waals surface area contributed by atoms with E-state index in [9.17, 15) is 4.79 Å². The highest BCUT2D eigenvalue weighted by molar-refractivity contribution is 5.41. The van der Waals surface area contributed by atoms with E-state index in [1.165, 1.54) is 0 Å². The zero-order valence-corrected chi connectivity index (χ0v) is 12.8. The molecule has 0 bridgehead atoms. The Morgan fingerprint density at radius 3 is 3.14 bits per heavy atom. The first-order chi connectivity index (χ1) is 10.2. The predicted molar refractivity (Wildman–Crippen MR) is 82.9 cm³/mol. The first kappa shape index (κ1) is 16.0. The van der Waals surface area contributed by atoms with Gasteiger partial charge >= 0.3 is 0 Å². The van der Waals surface area contributed by atoms with Gasteiger partial charge in [-0.25, -0.2) is 0 Å². The van der Waals surface area contributed by atoms with Gasteiger partial charge in [-0.1, -0.05) is 0 Å². The van der Waals surface area contributed by atoms with Crippen LogP contribution in [-0.2, 0) is 16.0 Å². The molecule has 0 saturated carbocycles. The van der Waals surface area contributed by atoms with Crippen molar-refractivity contribution in [1.29, 1.82) is 0 Å². The van der Waals surface area contributed by atoms with Crippen molar-refractivity contribution in [2.24, 2.45) is 0 Å². The Labute approximate surface area is 125 Å². The molecule has 1 aromatic rings. The minimum atomic E-state index is -0.00685. The van der Waals surface area contributed by atoms with E-state index in [0.29, 0.717) is 25.2 Å². The van der Waals surface area contributed by atoms with Gasteiger partial charge in [0, 0.05) is 44.5 Å². The molecule has 0 spiro atoms. The second-order valence-corrected chi connectivity index (χ2v) is 5.45. The topological polar surface area (TPSA) is 64.5 Å². The van der Waals surface area contributed by atoms with Crippen LogP contribution in [0.1, 0.15) is 13.3 Å². The summed E-state index contributed by atoms with van der Waals surface area (Å²) in [5.41, 5.74) is 0.947. The Hall–Kier alpha value is -1.37. The third-order valence-corrected chi connectivity index (χ3v) is 3.57. The molecule has 2 atom stereocenters.